The van der Waals surface area contributed by atoms with Crippen molar-refractivity contribution in [3.63, 3.8) is 0 Å². The van der Waals surface area contributed by atoms with E-state index in [1.165, 1.54) is 5.56 Å². The number of fused-ring (bicyclic) bond motifs is 4. The van der Waals surface area contributed by atoms with Crippen LogP contribution in [0, 0.1) is 11.3 Å². The van der Waals surface area contributed by atoms with Gasteiger partial charge in [-0.1, -0.05) is 45.0 Å². The number of amides is 1. The van der Waals surface area contributed by atoms with Crippen molar-refractivity contribution in [2.24, 2.45) is 11.3 Å². The molecule has 182 valence electrons. The SMILES string of the molecule is CCc1ccc(-c2cc3c(cc2OC)C(NC(=O)O[C@@H]2CN4CCC2CC4)C(C)(C)CO3)cc1. The van der Waals surface area contributed by atoms with Crippen molar-refractivity contribution in [3.8, 4) is 22.6 Å². The average molecular weight is 465 g/mol. The third-order valence-electron chi connectivity index (χ3n) is 7.81. The number of rotatable bonds is 5. The third kappa shape index (κ3) is 4.36. The quantitative estimate of drug-likeness (QED) is 0.659. The Kier molecular flexibility index (Phi) is 6.19. The van der Waals surface area contributed by atoms with Crippen LogP contribution in [0.5, 0.6) is 11.5 Å². The Bertz CT molecular complexity index is 1040. The molecule has 1 unspecified atom stereocenters. The molecule has 2 aromatic rings. The van der Waals surface area contributed by atoms with Crippen LogP contribution in [0.4, 0.5) is 4.79 Å². The molecule has 2 bridgehead atoms. The number of methoxy groups -OCH3 is 1. The molecular formula is C28H36N2O4. The van der Waals surface area contributed by atoms with E-state index in [1.54, 1.807) is 7.11 Å². The molecule has 3 fully saturated rings. The van der Waals surface area contributed by atoms with Gasteiger partial charge in [0.2, 0.25) is 0 Å². The average Bonchev–Trinajstić information content (AvgIpc) is 2.86. The van der Waals surface area contributed by atoms with Crippen LogP contribution in [0.3, 0.4) is 0 Å². The Morgan fingerprint density at radius 1 is 1.18 bits per heavy atom. The maximum absolute atomic E-state index is 13.0. The van der Waals surface area contributed by atoms with E-state index in [0.29, 0.717) is 12.5 Å². The maximum Gasteiger partial charge on any atom is 0.407 e. The minimum Gasteiger partial charge on any atom is -0.496 e. The van der Waals surface area contributed by atoms with Crippen molar-refractivity contribution >= 4 is 6.09 Å². The van der Waals surface area contributed by atoms with Crippen LogP contribution in [0.15, 0.2) is 36.4 Å². The van der Waals surface area contributed by atoms with Crippen molar-refractivity contribution in [1.82, 2.24) is 10.2 Å². The van der Waals surface area contributed by atoms with E-state index in [2.05, 4.69) is 55.3 Å². The Labute approximate surface area is 202 Å². The molecule has 0 saturated carbocycles. The van der Waals surface area contributed by atoms with Gasteiger partial charge in [-0.3, -0.25) is 4.90 Å². The maximum atomic E-state index is 13.0. The number of nitrogens with one attached hydrogen (secondary N) is 1. The fourth-order valence-electron chi connectivity index (χ4n) is 5.62. The first-order valence-corrected chi connectivity index (χ1v) is 12.5. The molecule has 6 rings (SSSR count). The highest BCUT2D eigenvalue weighted by Crippen LogP contribution is 2.47. The topological polar surface area (TPSA) is 60.0 Å². The molecule has 0 spiro atoms. The lowest BCUT2D eigenvalue weighted by atomic mass is 9.78. The number of aryl methyl sites for hydroxylation is 1. The zero-order valence-corrected chi connectivity index (χ0v) is 20.7. The molecule has 4 heterocycles. The number of piperidine rings is 3. The van der Waals surface area contributed by atoms with Crippen LogP contribution in [-0.2, 0) is 11.2 Å². The van der Waals surface area contributed by atoms with E-state index >= 15 is 0 Å². The lowest BCUT2D eigenvalue weighted by Crippen LogP contribution is -2.53. The van der Waals surface area contributed by atoms with Crippen molar-refractivity contribution in [2.75, 3.05) is 33.4 Å². The van der Waals surface area contributed by atoms with Gasteiger partial charge in [-0.15, -0.1) is 0 Å². The fourth-order valence-corrected chi connectivity index (χ4v) is 5.62. The first kappa shape index (κ1) is 23.0. The fraction of sp³-hybridized carbons (Fsp3) is 0.536. The van der Waals surface area contributed by atoms with Crippen molar-refractivity contribution in [2.45, 2.75) is 52.2 Å². The molecule has 0 radical (unpaired) electrons. The number of carbonyl (C=O) groups is 1. The molecule has 0 aromatic heterocycles. The van der Waals surface area contributed by atoms with Gasteiger partial charge in [0.15, 0.2) is 0 Å². The number of hydrogen-bond acceptors (Lipinski definition) is 5. The van der Waals surface area contributed by atoms with Crippen LogP contribution in [0.1, 0.15) is 50.8 Å². The van der Waals surface area contributed by atoms with Crippen LogP contribution >= 0.6 is 0 Å². The lowest BCUT2D eigenvalue weighted by Gasteiger charge is -2.44. The second-order valence-corrected chi connectivity index (χ2v) is 10.6. The van der Waals surface area contributed by atoms with Gasteiger partial charge in [-0.2, -0.15) is 0 Å². The Morgan fingerprint density at radius 3 is 2.53 bits per heavy atom. The van der Waals surface area contributed by atoms with E-state index in [-0.39, 0.29) is 23.7 Å². The van der Waals surface area contributed by atoms with E-state index < -0.39 is 0 Å². The molecule has 1 N–H and O–H groups in total. The molecule has 4 aliphatic heterocycles. The van der Waals surface area contributed by atoms with Gasteiger partial charge >= 0.3 is 6.09 Å². The van der Waals surface area contributed by atoms with Crippen molar-refractivity contribution in [3.05, 3.63) is 47.5 Å². The van der Waals surface area contributed by atoms with E-state index in [4.69, 9.17) is 14.2 Å². The molecule has 2 atom stereocenters. The van der Waals surface area contributed by atoms with Crippen LogP contribution in [0.2, 0.25) is 0 Å². The molecule has 0 aliphatic carbocycles. The summed E-state index contributed by atoms with van der Waals surface area (Å²) in [5.74, 6) is 2.03. The number of hydrogen-bond donors (Lipinski definition) is 1. The minimum absolute atomic E-state index is 0.0204. The zero-order valence-electron chi connectivity index (χ0n) is 20.7. The Balaban J connectivity index is 1.40. The van der Waals surface area contributed by atoms with Gasteiger partial charge in [-0.05, 0) is 61.5 Å². The largest absolute Gasteiger partial charge is 0.496 e. The predicted molar refractivity (Wildman–Crippen MR) is 132 cm³/mol. The summed E-state index contributed by atoms with van der Waals surface area (Å²) < 4.78 is 17.9. The summed E-state index contributed by atoms with van der Waals surface area (Å²) in [5.41, 5.74) is 3.99. The van der Waals surface area contributed by atoms with Crippen molar-refractivity contribution in [1.29, 1.82) is 0 Å². The Hall–Kier alpha value is -2.73. The van der Waals surface area contributed by atoms with Gasteiger partial charge in [0, 0.05) is 23.1 Å². The summed E-state index contributed by atoms with van der Waals surface area (Å²) in [6, 6.07) is 12.3. The highest BCUT2D eigenvalue weighted by atomic mass is 16.6. The van der Waals surface area contributed by atoms with Gasteiger partial charge in [0.25, 0.3) is 0 Å². The number of benzene rings is 2. The first-order chi connectivity index (χ1) is 16.4. The molecule has 4 aliphatic rings. The normalized spacial score (nSPS) is 26.8. The van der Waals surface area contributed by atoms with Gasteiger partial charge < -0.3 is 19.5 Å². The number of carbonyl (C=O) groups excluding carboxylic acids is 1. The molecular weight excluding hydrogens is 428 g/mol. The second-order valence-electron chi connectivity index (χ2n) is 10.6. The van der Waals surface area contributed by atoms with Crippen LogP contribution in [0.25, 0.3) is 11.1 Å². The second kappa shape index (κ2) is 9.14. The van der Waals surface area contributed by atoms with Gasteiger partial charge in [0.05, 0.1) is 19.8 Å². The van der Waals surface area contributed by atoms with Gasteiger partial charge in [-0.25, -0.2) is 4.79 Å². The minimum atomic E-state index is -0.345. The molecule has 3 saturated heterocycles. The zero-order chi connectivity index (χ0) is 23.9. The van der Waals surface area contributed by atoms with E-state index in [0.717, 1.165) is 67.1 Å². The van der Waals surface area contributed by atoms with Crippen molar-refractivity contribution < 1.29 is 19.0 Å². The molecule has 1 amide bonds. The summed E-state index contributed by atoms with van der Waals surface area (Å²) in [6.07, 6.45) is 2.87. The molecule has 34 heavy (non-hydrogen) atoms. The molecule has 6 nitrogen and oxygen atoms in total. The number of ether oxygens (including phenoxy) is 3. The summed E-state index contributed by atoms with van der Waals surface area (Å²) in [4.78, 5) is 15.4. The summed E-state index contributed by atoms with van der Waals surface area (Å²) in [5, 5.41) is 3.18. The monoisotopic (exact) mass is 464 g/mol. The lowest BCUT2D eigenvalue weighted by molar-refractivity contribution is -0.0361. The predicted octanol–water partition coefficient (Wildman–Crippen LogP) is 5.20. The Morgan fingerprint density at radius 2 is 1.91 bits per heavy atom. The number of nitrogens with zero attached hydrogens (tertiary/aromatic N) is 1. The third-order valence-corrected chi connectivity index (χ3v) is 7.81. The summed E-state index contributed by atoms with van der Waals surface area (Å²) >= 11 is 0. The van der Waals surface area contributed by atoms with Crippen LogP contribution < -0.4 is 14.8 Å². The summed E-state index contributed by atoms with van der Waals surface area (Å²) in [7, 11) is 1.69. The molecule has 2 aromatic carbocycles. The van der Waals surface area contributed by atoms with Gasteiger partial charge in [0.1, 0.15) is 17.6 Å². The molecule has 6 heteroatoms. The first-order valence-electron chi connectivity index (χ1n) is 12.5. The number of alkyl carbamates (subject to hydrolysis) is 1. The summed E-state index contributed by atoms with van der Waals surface area (Å²) in [6.45, 7) is 9.97. The highest BCUT2D eigenvalue weighted by Gasteiger charge is 2.41. The highest BCUT2D eigenvalue weighted by molar-refractivity contribution is 5.75. The van der Waals surface area contributed by atoms with Crippen LogP contribution in [-0.4, -0.2) is 50.4 Å². The van der Waals surface area contributed by atoms with E-state index in [1.807, 2.05) is 12.1 Å². The van der Waals surface area contributed by atoms with E-state index in [9.17, 15) is 4.79 Å². The standard InChI is InChI=1S/C28H36N2O4/c1-5-18-6-8-19(9-7-18)21-14-24-22(15-23(21)32-4)26(28(2,3)17-33-24)29-27(31)34-25-16-30-12-10-20(25)11-13-30/h6-9,14-15,20,25-26H,5,10-13,16-17H2,1-4H3,(H,29,31)/t25-,26?/m1/s1. The smallest absolute Gasteiger partial charge is 0.407 e.